The predicted octanol–water partition coefficient (Wildman–Crippen LogP) is 3.56. The van der Waals surface area contributed by atoms with Crippen molar-refractivity contribution in [2.24, 2.45) is 0 Å². The highest BCUT2D eigenvalue weighted by Crippen LogP contribution is 2.32. The number of rotatable bonds is 4. The van der Waals surface area contributed by atoms with E-state index in [1.807, 2.05) is 72.8 Å². The lowest BCUT2D eigenvalue weighted by atomic mass is 9.82. The van der Waals surface area contributed by atoms with E-state index >= 15 is 0 Å². The molecular formula is C19H17NO. The summed E-state index contributed by atoms with van der Waals surface area (Å²) < 4.78 is 0. The van der Waals surface area contributed by atoms with E-state index in [-0.39, 0.29) is 0 Å². The predicted molar refractivity (Wildman–Crippen MR) is 83.8 cm³/mol. The van der Waals surface area contributed by atoms with Crippen LogP contribution in [0.5, 0.6) is 0 Å². The van der Waals surface area contributed by atoms with E-state index in [0.717, 1.165) is 16.7 Å². The first-order chi connectivity index (χ1) is 10.3. The van der Waals surface area contributed by atoms with Crippen LogP contribution in [0.4, 0.5) is 0 Å². The molecule has 21 heavy (non-hydrogen) atoms. The topological polar surface area (TPSA) is 33.1 Å². The largest absolute Gasteiger partial charge is 0.380 e. The van der Waals surface area contributed by atoms with Crippen molar-refractivity contribution in [2.45, 2.75) is 12.0 Å². The lowest BCUT2D eigenvalue weighted by molar-refractivity contribution is 0.0808. The maximum absolute atomic E-state index is 11.4. The SMILES string of the molecule is OC(Cc1ccccc1)(c1ccccc1)c1cccnc1. The van der Waals surface area contributed by atoms with Gasteiger partial charge in [-0.05, 0) is 17.2 Å². The molecule has 2 heteroatoms. The number of hydrogen-bond donors (Lipinski definition) is 1. The smallest absolute Gasteiger partial charge is 0.120 e. The van der Waals surface area contributed by atoms with Gasteiger partial charge in [-0.15, -0.1) is 0 Å². The summed E-state index contributed by atoms with van der Waals surface area (Å²) in [5, 5.41) is 11.4. The average molecular weight is 275 g/mol. The third-order valence-corrected chi connectivity index (χ3v) is 3.69. The van der Waals surface area contributed by atoms with Gasteiger partial charge >= 0.3 is 0 Å². The summed E-state index contributed by atoms with van der Waals surface area (Å²) in [6, 6.07) is 23.6. The molecule has 2 aromatic carbocycles. The highest BCUT2D eigenvalue weighted by atomic mass is 16.3. The molecule has 3 aromatic rings. The van der Waals surface area contributed by atoms with Gasteiger partial charge in [-0.3, -0.25) is 4.98 Å². The molecule has 0 fully saturated rings. The molecule has 1 aromatic heterocycles. The lowest BCUT2D eigenvalue weighted by Crippen LogP contribution is -2.30. The van der Waals surface area contributed by atoms with Gasteiger partial charge in [-0.2, -0.15) is 0 Å². The summed E-state index contributed by atoms with van der Waals surface area (Å²) in [6.07, 6.45) is 3.97. The number of aliphatic hydroxyl groups is 1. The Bertz CT molecular complexity index is 641. The van der Waals surface area contributed by atoms with Crippen LogP contribution in [0.3, 0.4) is 0 Å². The summed E-state index contributed by atoms with van der Waals surface area (Å²) in [7, 11) is 0. The zero-order valence-corrected chi connectivity index (χ0v) is 11.7. The fourth-order valence-corrected chi connectivity index (χ4v) is 2.58. The molecule has 0 aliphatic heterocycles. The Hall–Kier alpha value is -2.45. The first-order valence-electron chi connectivity index (χ1n) is 7.01. The Balaban J connectivity index is 2.07. The standard InChI is InChI=1S/C19H17NO/c21-19(17-10-5-2-6-11-17,18-12-7-13-20-15-18)14-16-8-3-1-4-9-16/h1-13,15,21H,14H2. The molecule has 2 nitrogen and oxygen atoms in total. The summed E-state index contributed by atoms with van der Waals surface area (Å²) in [6.45, 7) is 0. The van der Waals surface area contributed by atoms with E-state index in [1.54, 1.807) is 12.4 Å². The van der Waals surface area contributed by atoms with Crippen molar-refractivity contribution in [2.75, 3.05) is 0 Å². The van der Waals surface area contributed by atoms with Crippen molar-refractivity contribution in [3.63, 3.8) is 0 Å². The van der Waals surface area contributed by atoms with Crippen molar-refractivity contribution in [1.29, 1.82) is 0 Å². The molecule has 3 rings (SSSR count). The van der Waals surface area contributed by atoms with Crippen LogP contribution in [0.2, 0.25) is 0 Å². The minimum atomic E-state index is -1.07. The number of hydrogen-bond acceptors (Lipinski definition) is 2. The van der Waals surface area contributed by atoms with Crippen LogP contribution in [-0.4, -0.2) is 10.1 Å². The molecule has 0 saturated heterocycles. The van der Waals surface area contributed by atoms with Crippen molar-refractivity contribution >= 4 is 0 Å². The summed E-state index contributed by atoms with van der Waals surface area (Å²) in [5.41, 5.74) is 1.70. The number of pyridine rings is 1. The highest BCUT2D eigenvalue weighted by Gasteiger charge is 2.31. The maximum atomic E-state index is 11.4. The van der Waals surface area contributed by atoms with Gasteiger partial charge < -0.3 is 5.11 Å². The van der Waals surface area contributed by atoms with E-state index in [9.17, 15) is 5.11 Å². The normalized spacial score (nSPS) is 13.6. The van der Waals surface area contributed by atoms with Gasteiger partial charge in [0.05, 0.1) is 0 Å². The third kappa shape index (κ3) is 2.86. The highest BCUT2D eigenvalue weighted by molar-refractivity contribution is 5.37. The van der Waals surface area contributed by atoms with E-state index in [0.29, 0.717) is 6.42 Å². The zero-order valence-electron chi connectivity index (χ0n) is 11.7. The second kappa shape index (κ2) is 5.90. The second-order valence-corrected chi connectivity index (χ2v) is 5.13. The molecule has 0 spiro atoms. The van der Waals surface area contributed by atoms with Crippen LogP contribution in [0.15, 0.2) is 85.2 Å². The molecule has 1 unspecified atom stereocenters. The number of nitrogens with zero attached hydrogens (tertiary/aromatic N) is 1. The monoisotopic (exact) mass is 275 g/mol. The van der Waals surface area contributed by atoms with Crippen molar-refractivity contribution < 1.29 is 5.11 Å². The van der Waals surface area contributed by atoms with Crippen LogP contribution < -0.4 is 0 Å². The van der Waals surface area contributed by atoms with Gasteiger partial charge in [-0.1, -0.05) is 66.7 Å². The van der Waals surface area contributed by atoms with Crippen LogP contribution in [0, 0.1) is 0 Å². The molecule has 0 radical (unpaired) electrons. The van der Waals surface area contributed by atoms with E-state index in [1.165, 1.54) is 0 Å². The first kappa shape index (κ1) is 13.5. The molecule has 104 valence electrons. The van der Waals surface area contributed by atoms with Crippen LogP contribution in [0.25, 0.3) is 0 Å². The molecule has 0 saturated carbocycles. The zero-order chi connectivity index (χ0) is 14.5. The van der Waals surface area contributed by atoms with Crippen LogP contribution >= 0.6 is 0 Å². The minimum Gasteiger partial charge on any atom is -0.380 e. The van der Waals surface area contributed by atoms with Gasteiger partial charge in [0.1, 0.15) is 5.60 Å². The fourth-order valence-electron chi connectivity index (χ4n) is 2.58. The van der Waals surface area contributed by atoms with E-state index in [4.69, 9.17) is 0 Å². The van der Waals surface area contributed by atoms with Crippen molar-refractivity contribution in [3.8, 4) is 0 Å². The average Bonchev–Trinajstić information content (AvgIpc) is 2.57. The summed E-state index contributed by atoms with van der Waals surface area (Å²) in [4.78, 5) is 4.16. The summed E-state index contributed by atoms with van der Waals surface area (Å²) in [5.74, 6) is 0. The molecule has 0 bridgehead atoms. The molecule has 0 amide bonds. The summed E-state index contributed by atoms with van der Waals surface area (Å²) >= 11 is 0. The van der Waals surface area contributed by atoms with Crippen LogP contribution in [-0.2, 0) is 12.0 Å². The molecule has 1 N–H and O–H groups in total. The van der Waals surface area contributed by atoms with Gasteiger partial charge in [0.2, 0.25) is 0 Å². The Kier molecular flexibility index (Phi) is 3.80. The van der Waals surface area contributed by atoms with Gasteiger partial charge in [-0.25, -0.2) is 0 Å². The Morgan fingerprint density at radius 3 is 2.00 bits per heavy atom. The maximum Gasteiger partial charge on any atom is 0.120 e. The Morgan fingerprint density at radius 2 is 1.38 bits per heavy atom. The molecule has 0 aliphatic rings. The van der Waals surface area contributed by atoms with Gasteiger partial charge in [0.15, 0.2) is 0 Å². The fraction of sp³-hybridized carbons (Fsp3) is 0.105. The van der Waals surface area contributed by atoms with E-state index in [2.05, 4.69) is 4.98 Å². The van der Waals surface area contributed by atoms with Crippen LogP contribution in [0.1, 0.15) is 16.7 Å². The third-order valence-electron chi connectivity index (χ3n) is 3.69. The first-order valence-corrected chi connectivity index (χ1v) is 7.01. The molecule has 0 aliphatic carbocycles. The van der Waals surface area contributed by atoms with Crippen molar-refractivity contribution in [3.05, 3.63) is 102 Å². The Labute approximate surface area is 124 Å². The molecule has 1 heterocycles. The van der Waals surface area contributed by atoms with Crippen molar-refractivity contribution in [1.82, 2.24) is 4.98 Å². The number of benzene rings is 2. The Morgan fingerprint density at radius 1 is 0.762 bits per heavy atom. The quantitative estimate of drug-likeness (QED) is 0.789. The minimum absolute atomic E-state index is 0.517. The van der Waals surface area contributed by atoms with E-state index < -0.39 is 5.60 Å². The second-order valence-electron chi connectivity index (χ2n) is 5.13. The molecule has 1 atom stereocenters. The lowest BCUT2D eigenvalue weighted by Gasteiger charge is -2.29. The van der Waals surface area contributed by atoms with Gasteiger partial charge in [0, 0.05) is 24.4 Å². The van der Waals surface area contributed by atoms with Gasteiger partial charge in [0.25, 0.3) is 0 Å². The molecular weight excluding hydrogens is 258 g/mol. The number of aromatic nitrogens is 1.